The smallest absolute Gasteiger partial charge is 0.146 e. The molecule has 0 aliphatic heterocycles. The average molecular weight is 193 g/mol. The topological polar surface area (TPSA) is 12.0 Å². The van der Waals surface area contributed by atoms with Gasteiger partial charge >= 0.3 is 0 Å². The maximum atomic E-state index is 13.3. The van der Waals surface area contributed by atoms with E-state index in [1.807, 2.05) is 6.07 Å². The number of hydrogen-bond donors (Lipinski definition) is 1. The molecule has 1 aliphatic carbocycles. The van der Waals surface area contributed by atoms with Crippen molar-refractivity contribution in [3.8, 4) is 0 Å². The molecule has 0 radical (unpaired) electrons. The Labute approximate surface area is 84.3 Å². The van der Waals surface area contributed by atoms with Crippen molar-refractivity contribution in [2.45, 2.75) is 32.2 Å². The van der Waals surface area contributed by atoms with Gasteiger partial charge in [-0.1, -0.05) is 19.1 Å². The summed E-state index contributed by atoms with van der Waals surface area (Å²) in [6, 6.07) is 7.35. The Balaban J connectivity index is 2.04. The molecule has 0 amide bonds. The SMILES string of the molecule is CCC(Nc1ccccc1F)C1CC1. The minimum Gasteiger partial charge on any atom is -0.380 e. The fourth-order valence-corrected chi connectivity index (χ4v) is 1.83. The number of hydrogen-bond acceptors (Lipinski definition) is 1. The largest absolute Gasteiger partial charge is 0.380 e. The Morgan fingerprint density at radius 3 is 2.71 bits per heavy atom. The molecule has 1 fully saturated rings. The van der Waals surface area contributed by atoms with Crippen molar-refractivity contribution in [1.82, 2.24) is 0 Å². The minimum absolute atomic E-state index is 0.147. The van der Waals surface area contributed by atoms with Crippen LogP contribution >= 0.6 is 0 Å². The second-order valence-electron chi connectivity index (χ2n) is 3.98. The lowest BCUT2D eigenvalue weighted by Crippen LogP contribution is -2.21. The predicted octanol–water partition coefficient (Wildman–Crippen LogP) is 3.43. The third kappa shape index (κ3) is 2.06. The fourth-order valence-electron chi connectivity index (χ4n) is 1.83. The number of para-hydroxylation sites is 1. The molecule has 0 saturated heterocycles. The van der Waals surface area contributed by atoms with E-state index in [1.54, 1.807) is 12.1 Å². The summed E-state index contributed by atoms with van der Waals surface area (Å²) in [4.78, 5) is 0. The molecular weight excluding hydrogens is 177 g/mol. The van der Waals surface area contributed by atoms with Crippen molar-refractivity contribution in [3.05, 3.63) is 30.1 Å². The third-order valence-electron chi connectivity index (χ3n) is 2.85. The van der Waals surface area contributed by atoms with Gasteiger partial charge in [-0.3, -0.25) is 0 Å². The Hall–Kier alpha value is -1.05. The van der Waals surface area contributed by atoms with Crippen LogP contribution in [-0.2, 0) is 0 Å². The van der Waals surface area contributed by atoms with Crippen molar-refractivity contribution in [1.29, 1.82) is 0 Å². The van der Waals surface area contributed by atoms with Gasteiger partial charge in [-0.15, -0.1) is 0 Å². The van der Waals surface area contributed by atoms with E-state index in [2.05, 4.69) is 12.2 Å². The molecule has 76 valence electrons. The van der Waals surface area contributed by atoms with Crippen LogP contribution in [0, 0.1) is 11.7 Å². The Morgan fingerprint density at radius 2 is 2.14 bits per heavy atom. The van der Waals surface area contributed by atoms with Gasteiger partial charge in [0.1, 0.15) is 5.82 Å². The molecule has 2 heteroatoms. The number of anilines is 1. The molecule has 1 nitrogen and oxygen atoms in total. The first-order valence-corrected chi connectivity index (χ1v) is 5.32. The number of rotatable bonds is 4. The van der Waals surface area contributed by atoms with Gasteiger partial charge in [-0.25, -0.2) is 4.39 Å². The fraction of sp³-hybridized carbons (Fsp3) is 0.500. The van der Waals surface area contributed by atoms with Gasteiger partial charge in [0, 0.05) is 6.04 Å². The molecule has 0 heterocycles. The molecule has 1 saturated carbocycles. The van der Waals surface area contributed by atoms with E-state index in [9.17, 15) is 4.39 Å². The third-order valence-corrected chi connectivity index (χ3v) is 2.85. The van der Waals surface area contributed by atoms with Gasteiger partial charge in [0.25, 0.3) is 0 Å². The molecule has 1 unspecified atom stereocenters. The number of benzene rings is 1. The summed E-state index contributed by atoms with van der Waals surface area (Å²) in [5.74, 6) is 0.617. The first-order chi connectivity index (χ1) is 6.81. The quantitative estimate of drug-likeness (QED) is 0.772. The zero-order valence-corrected chi connectivity index (χ0v) is 8.46. The summed E-state index contributed by atoms with van der Waals surface area (Å²) < 4.78 is 13.3. The van der Waals surface area contributed by atoms with E-state index >= 15 is 0 Å². The highest BCUT2D eigenvalue weighted by molar-refractivity contribution is 5.45. The van der Waals surface area contributed by atoms with Gasteiger partial charge in [0.2, 0.25) is 0 Å². The lowest BCUT2D eigenvalue weighted by atomic mass is 10.1. The maximum Gasteiger partial charge on any atom is 0.146 e. The zero-order valence-electron chi connectivity index (χ0n) is 8.46. The lowest BCUT2D eigenvalue weighted by Gasteiger charge is -2.17. The van der Waals surface area contributed by atoms with Gasteiger partial charge < -0.3 is 5.32 Å². The number of nitrogens with one attached hydrogen (secondary N) is 1. The average Bonchev–Trinajstić information content (AvgIpc) is 3.00. The van der Waals surface area contributed by atoms with Gasteiger partial charge in [0.05, 0.1) is 5.69 Å². The van der Waals surface area contributed by atoms with Gasteiger partial charge in [-0.2, -0.15) is 0 Å². The molecule has 14 heavy (non-hydrogen) atoms. The maximum absolute atomic E-state index is 13.3. The lowest BCUT2D eigenvalue weighted by molar-refractivity contribution is 0.594. The van der Waals surface area contributed by atoms with Crippen molar-refractivity contribution < 1.29 is 4.39 Å². The molecule has 0 bridgehead atoms. The molecule has 1 atom stereocenters. The molecule has 0 spiro atoms. The summed E-state index contributed by atoms with van der Waals surface area (Å²) in [6.07, 6.45) is 3.65. The molecule has 1 aromatic carbocycles. The summed E-state index contributed by atoms with van der Waals surface area (Å²) >= 11 is 0. The van der Waals surface area contributed by atoms with E-state index in [0.717, 1.165) is 12.3 Å². The van der Waals surface area contributed by atoms with E-state index in [-0.39, 0.29) is 5.82 Å². The first kappa shape index (κ1) is 9.50. The Kier molecular flexibility index (Phi) is 2.71. The summed E-state index contributed by atoms with van der Waals surface area (Å²) in [5.41, 5.74) is 0.645. The van der Waals surface area contributed by atoms with E-state index < -0.39 is 0 Å². The van der Waals surface area contributed by atoms with Crippen molar-refractivity contribution in [3.63, 3.8) is 0 Å². The summed E-state index contributed by atoms with van der Waals surface area (Å²) in [7, 11) is 0. The minimum atomic E-state index is -0.147. The molecule has 0 aromatic heterocycles. The van der Waals surface area contributed by atoms with Crippen LogP contribution in [0.25, 0.3) is 0 Å². The Bertz CT molecular complexity index is 307. The van der Waals surface area contributed by atoms with E-state index in [1.165, 1.54) is 18.9 Å². The van der Waals surface area contributed by atoms with Gasteiger partial charge in [0.15, 0.2) is 0 Å². The molecule has 1 aromatic rings. The monoisotopic (exact) mass is 193 g/mol. The molecule has 1 N–H and O–H groups in total. The van der Waals surface area contributed by atoms with Crippen LogP contribution in [0.3, 0.4) is 0 Å². The molecular formula is C12H16FN. The van der Waals surface area contributed by atoms with E-state index in [0.29, 0.717) is 11.7 Å². The van der Waals surface area contributed by atoms with Crippen LogP contribution in [0.2, 0.25) is 0 Å². The molecule has 1 aliphatic rings. The predicted molar refractivity (Wildman–Crippen MR) is 56.8 cm³/mol. The van der Waals surface area contributed by atoms with Crippen molar-refractivity contribution in [2.75, 3.05) is 5.32 Å². The van der Waals surface area contributed by atoms with Crippen molar-refractivity contribution >= 4 is 5.69 Å². The Morgan fingerprint density at radius 1 is 1.43 bits per heavy atom. The summed E-state index contributed by atoms with van der Waals surface area (Å²) in [6.45, 7) is 2.15. The van der Waals surface area contributed by atoms with Crippen LogP contribution in [0.1, 0.15) is 26.2 Å². The standard InChI is InChI=1S/C12H16FN/c1-2-11(9-7-8-9)14-12-6-4-3-5-10(12)13/h3-6,9,11,14H,2,7-8H2,1H3. The second kappa shape index (κ2) is 3.99. The van der Waals surface area contributed by atoms with E-state index in [4.69, 9.17) is 0 Å². The normalized spacial score (nSPS) is 17.9. The summed E-state index contributed by atoms with van der Waals surface area (Å²) in [5, 5.41) is 3.28. The van der Waals surface area contributed by atoms with Crippen LogP contribution in [0.4, 0.5) is 10.1 Å². The zero-order chi connectivity index (χ0) is 9.97. The highest BCUT2D eigenvalue weighted by atomic mass is 19.1. The second-order valence-corrected chi connectivity index (χ2v) is 3.98. The first-order valence-electron chi connectivity index (χ1n) is 5.32. The van der Waals surface area contributed by atoms with Crippen molar-refractivity contribution in [2.24, 2.45) is 5.92 Å². The van der Waals surface area contributed by atoms with Crippen LogP contribution < -0.4 is 5.32 Å². The highest BCUT2D eigenvalue weighted by Crippen LogP contribution is 2.35. The van der Waals surface area contributed by atoms with Gasteiger partial charge in [-0.05, 0) is 37.3 Å². The number of halogens is 1. The highest BCUT2D eigenvalue weighted by Gasteiger charge is 2.30. The van der Waals surface area contributed by atoms with Crippen LogP contribution in [-0.4, -0.2) is 6.04 Å². The van der Waals surface area contributed by atoms with Crippen LogP contribution in [0.15, 0.2) is 24.3 Å². The van der Waals surface area contributed by atoms with Crippen LogP contribution in [0.5, 0.6) is 0 Å². The molecule has 2 rings (SSSR count).